The Bertz CT molecular complexity index is 667. The number of aliphatic carboxylic acids is 1. The number of carboxylic acids is 1. The first-order valence-electron chi connectivity index (χ1n) is 5.72. The molecule has 0 amide bonds. The Hall–Kier alpha value is -2.86. The molecule has 0 fully saturated rings. The summed E-state index contributed by atoms with van der Waals surface area (Å²) >= 11 is 0. The predicted octanol–water partition coefficient (Wildman–Crippen LogP) is 3.07. The molecular formula is C16H11NO2. The first-order chi connectivity index (χ1) is 9.22. The number of hydrogen-bond donors (Lipinski definition) is 1. The average molecular weight is 249 g/mol. The molecule has 3 nitrogen and oxygen atoms in total. The van der Waals surface area contributed by atoms with Crippen LogP contribution in [0, 0.1) is 11.3 Å². The van der Waals surface area contributed by atoms with Gasteiger partial charge in [0.25, 0.3) is 0 Å². The van der Waals surface area contributed by atoms with Gasteiger partial charge in [0.1, 0.15) is 0 Å². The molecule has 0 spiro atoms. The van der Waals surface area contributed by atoms with Crippen LogP contribution in [0.5, 0.6) is 0 Å². The molecule has 0 saturated carbocycles. The molecule has 0 bridgehead atoms. The molecule has 0 radical (unpaired) electrons. The van der Waals surface area contributed by atoms with Crippen LogP contribution in [0.15, 0.2) is 60.7 Å². The van der Waals surface area contributed by atoms with Crippen molar-refractivity contribution in [3.8, 4) is 6.07 Å². The first kappa shape index (κ1) is 12.6. The molecule has 0 aliphatic carbocycles. The normalized spacial score (nSPS) is 10.8. The van der Waals surface area contributed by atoms with Crippen molar-refractivity contribution in [1.29, 1.82) is 5.26 Å². The monoisotopic (exact) mass is 249 g/mol. The van der Waals surface area contributed by atoms with Crippen LogP contribution < -0.4 is 0 Å². The van der Waals surface area contributed by atoms with Gasteiger partial charge in [-0.2, -0.15) is 5.26 Å². The maximum absolute atomic E-state index is 11.0. The van der Waals surface area contributed by atoms with Gasteiger partial charge < -0.3 is 5.11 Å². The minimum absolute atomic E-state index is 0.457. The Balaban J connectivity index is 2.64. The van der Waals surface area contributed by atoms with Crippen LogP contribution in [-0.4, -0.2) is 11.1 Å². The summed E-state index contributed by atoms with van der Waals surface area (Å²) in [7, 11) is 0. The molecule has 0 atom stereocenters. The highest BCUT2D eigenvalue weighted by Gasteiger charge is 2.10. The lowest BCUT2D eigenvalue weighted by Crippen LogP contribution is -1.96. The zero-order valence-corrected chi connectivity index (χ0v) is 10.1. The van der Waals surface area contributed by atoms with E-state index in [-0.39, 0.29) is 0 Å². The van der Waals surface area contributed by atoms with Gasteiger partial charge in [0.2, 0.25) is 0 Å². The van der Waals surface area contributed by atoms with Crippen LogP contribution in [0.4, 0.5) is 0 Å². The quantitative estimate of drug-likeness (QED) is 0.850. The Morgan fingerprint density at radius 1 is 1.05 bits per heavy atom. The fourth-order valence-electron chi connectivity index (χ4n) is 1.87. The minimum atomic E-state index is -1.04. The van der Waals surface area contributed by atoms with Gasteiger partial charge in [-0.25, -0.2) is 4.79 Å². The fraction of sp³-hybridized carbons (Fsp3) is 0. The Morgan fingerprint density at radius 2 is 1.68 bits per heavy atom. The van der Waals surface area contributed by atoms with Gasteiger partial charge in [-0.1, -0.05) is 48.5 Å². The highest BCUT2D eigenvalue weighted by atomic mass is 16.4. The van der Waals surface area contributed by atoms with E-state index in [2.05, 4.69) is 6.07 Å². The summed E-state index contributed by atoms with van der Waals surface area (Å²) in [6.07, 6.45) is 1.13. The van der Waals surface area contributed by atoms with E-state index in [0.29, 0.717) is 16.7 Å². The van der Waals surface area contributed by atoms with E-state index in [1.54, 1.807) is 24.3 Å². The van der Waals surface area contributed by atoms with Crippen LogP contribution in [0.2, 0.25) is 0 Å². The summed E-state index contributed by atoms with van der Waals surface area (Å²) in [6.45, 7) is 0. The van der Waals surface area contributed by atoms with E-state index >= 15 is 0 Å². The van der Waals surface area contributed by atoms with Crippen LogP contribution in [-0.2, 0) is 4.79 Å². The van der Waals surface area contributed by atoms with Crippen molar-refractivity contribution < 1.29 is 9.90 Å². The number of carbonyl (C=O) groups is 1. The summed E-state index contributed by atoms with van der Waals surface area (Å²) < 4.78 is 0. The lowest BCUT2D eigenvalue weighted by Gasteiger charge is -2.09. The van der Waals surface area contributed by atoms with E-state index in [1.165, 1.54) is 0 Å². The Kier molecular flexibility index (Phi) is 3.75. The third-order valence-corrected chi connectivity index (χ3v) is 2.69. The van der Waals surface area contributed by atoms with Crippen molar-refractivity contribution in [3.05, 3.63) is 77.4 Å². The molecule has 0 saturated heterocycles. The van der Waals surface area contributed by atoms with Crippen molar-refractivity contribution in [2.45, 2.75) is 0 Å². The van der Waals surface area contributed by atoms with Crippen molar-refractivity contribution in [2.75, 3.05) is 0 Å². The van der Waals surface area contributed by atoms with E-state index in [4.69, 9.17) is 10.4 Å². The van der Waals surface area contributed by atoms with Gasteiger partial charge in [0.15, 0.2) is 0 Å². The molecule has 2 rings (SSSR count). The van der Waals surface area contributed by atoms with Crippen LogP contribution in [0.25, 0.3) is 5.57 Å². The fourth-order valence-corrected chi connectivity index (χ4v) is 1.87. The summed E-state index contributed by atoms with van der Waals surface area (Å²) in [5, 5.41) is 18.1. The first-order valence-corrected chi connectivity index (χ1v) is 5.72. The van der Waals surface area contributed by atoms with Gasteiger partial charge in [0, 0.05) is 11.6 Å². The second-order valence-electron chi connectivity index (χ2n) is 3.92. The van der Waals surface area contributed by atoms with E-state index < -0.39 is 5.97 Å². The maximum atomic E-state index is 11.0. The van der Waals surface area contributed by atoms with Gasteiger partial charge in [-0.05, 0) is 17.2 Å². The van der Waals surface area contributed by atoms with Crippen molar-refractivity contribution in [2.24, 2.45) is 0 Å². The molecule has 0 aromatic heterocycles. The SMILES string of the molecule is N#Cc1ccccc1C(=CC(=O)O)c1ccccc1. The smallest absolute Gasteiger partial charge is 0.328 e. The molecule has 3 heteroatoms. The third-order valence-electron chi connectivity index (χ3n) is 2.69. The third kappa shape index (κ3) is 2.88. The van der Waals surface area contributed by atoms with Gasteiger partial charge in [-0.3, -0.25) is 0 Å². The Labute approximate surface area is 111 Å². The summed E-state index contributed by atoms with van der Waals surface area (Å²) in [4.78, 5) is 11.0. The highest BCUT2D eigenvalue weighted by molar-refractivity contribution is 5.96. The lowest BCUT2D eigenvalue weighted by molar-refractivity contribution is -0.131. The molecule has 92 valence electrons. The van der Waals surface area contributed by atoms with Gasteiger partial charge >= 0.3 is 5.97 Å². The molecular weight excluding hydrogens is 238 g/mol. The summed E-state index contributed by atoms with van der Waals surface area (Å²) in [5.41, 5.74) is 2.38. The van der Waals surface area contributed by atoms with Crippen molar-refractivity contribution in [1.82, 2.24) is 0 Å². The molecule has 0 heterocycles. The highest BCUT2D eigenvalue weighted by Crippen LogP contribution is 2.25. The predicted molar refractivity (Wildman–Crippen MR) is 72.3 cm³/mol. The molecule has 1 N–H and O–H groups in total. The molecule has 2 aromatic carbocycles. The maximum Gasteiger partial charge on any atom is 0.328 e. The molecule has 0 aliphatic rings. The standard InChI is InChI=1S/C16H11NO2/c17-11-13-8-4-5-9-14(13)15(10-16(18)19)12-6-2-1-3-7-12/h1-10H,(H,18,19). The van der Waals surface area contributed by atoms with E-state index in [9.17, 15) is 4.79 Å². The Morgan fingerprint density at radius 3 is 2.32 bits per heavy atom. The van der Waals surface area contributed by atoms with Crippen molar-refractivity contribution >= 4 is 11.5 Å². The second-order valence-corrected chi connectivity index (χ2v) is 3.92. The van der Waals surface area contributed by atoms with Crippen LogP contribution in [0.3, 0.4) is 0 Å². The number of nitrogens with zero attached hydrogens (tertiary/aromatic N) is 1. The van der Waals surface area contributed by atoms with E-state index in [0.717, 1.165) is 11.6 Å². The second kappa shape index (κ2) is 5.65. The molecule has 19 heavy (non-hydrogen) atoms. The minimum Gasteiger partial charge on any atom is -0.478 e. The number of hydrogen-bond acceptors (Lipinski definition) is 2. The van der Waals surface area contributed by atoms with Gasteiger partial charge in [0.05, 0.1) is 11.6 Å². The molecule has 2 aromatic rings. The molecule has 0 unspecified atom stereocenters. The molecule has 0 aliphatic heterocycles. The number of rotatable bonds is 3. The largest absolute Gasteiger partial charge is 0.478 e. The lowest BCUT2D eigenvalue weighted by atomic mass is 9.94. The zero-order chi connectivity index (χ0) is 13.7. The average Bonchev–Trinajstić information content (AvgIpc) is 2.45. The van der Waals surface area contributed by atoms with Gasteiger partial charge in [-0.15, -0.1) is 0 Å². The number of carboxylic acid groups (broad SMARTS) is 1. The van der Waals surface area contributed by atoms with Crippen molar-refractivity contribution in [3.63, 3.8) is 0 Å². The summed E-state index contributed by atoms with van der Waals surface area (Å²) in [5.74, 6) is -1.04. The summed E-state index contributed by atoms with van der Waals surface area (Å²) in [6, 6.07) is 18.2. The topological polar surface area (TPSA) is 61.1 Å². The van der Waals surface area contributed by atoms with Crippen LogP contribution in [0.1, 0.15) is 16.7 Å². The number of nitriles is 1. The number of benzene rings is 2. The van der Waals surface area contributed by atoms with Crippen LogP contribution >= 0.6 is 0 Å². The van der Waals surface area contributed by atoms with E-state index in [1.807, 2.05) is 30.3 Å². The zero-order valence-electron chi connectivity index (χ0n) is 10.1.